The predicted molar refractivity (Wildman–Crippen MR) is 74.8 cm³/mol. The van der Waals surface area contributed by atoms with Gasteiger partial charge in [0.25, 0.3) is 0 Å². The highest BCUT2D eigenvalue weighted by molar-refractivity contribution is 9.10. The molecule has 1 heterocycles. The molecule has 1 aromatic heterocycles. The van der Waals surface area contributed by atoms with Gasteiger partial charge in [0, 0.05) is 34.9 Å². The molecule has 2 aromatic rings. The molecule has 4 nitrogen and oxygen atoms in total. The maximum Gasteiger partial charge on any atom is 0.123 e. The van der Waals surface area contributed by atoms with E-state index in [1.54, 1.807) is 13.3 Å². The lowest BCUT2D eigenvalue weighted by Crippen LogP contribution is -2.20. The summed E-state index contributed by atoms with van der Waals surface area (Å²) in [4.78, 5) is 7.38. The summed E-state index contributed by atoms with van der Waals surface area (Å²) < 4.78 is 6.45. The number of likely N-dealkylation sites (N-methyl/N-ethyl adjacent to an activating group) is 1. The zero-order chi connectivity index (χ0) is 13.0. The molecule has 0 aliphatic rings. The summed E-state index contributed by atoms with van der Waals surface area (Å²) in [5, 5.41) is 3.30. The minimum atomic E-state index is 0.156. The quantitative estimate of drug-likeness (QED) is 0.893. The third-order valence-electron chi connectivity index (χ3n) is 2.87. The number of aromatic amines is 1. The van der Waals surface area contributed by atoms with Crippen molar-refractivity contribution in [3.05, 3.63) is 46.5 Å². The van der Waals surface area contributed by atoms with E-state index in [9.17, 15) is 0 Å². The fourth-order valence-corrected chi connectivity index (χ4v) is 2.33. The van der Waals surface area contributed by atoms with Gasteiger partial charge in [0.05, 0.1) is 7.11 Å². The zero-order valence-corrected chi connectivity index (χ0v) is 12.0. The first-order valence-electron chi connectivity index (χ1n) is 5.73. The summed E-state index contributed by atoms with van der Waals surface area (Å²) in [6, 6.07) is 6.17. The van der Waals surface area contributed by atoms with Gasteiger partial charge in [-0.1, -0.05) is 15.9 Å². The highest BCUT2D eigenvalue weighted by Crippen LogP contribution is 2.29. The number of imidazole rings is 1. The molecule has 0 bridgehead atoms. The second-order valence-electron chi connectivity index (χ2n) is 3.97. The predicted octanol–water partition coefficient (Wildman–Crippen LogP) is 2.68. The Labute approximate surface area is 115 Å². The van der Waals surface area contributed by atoms with Crippen molar-refractivity contribution in [2.24, 2.45) is 0 Å². The van der Waals surface area contributed by atoms with Crippen molar-refractivity contribution in [2.45, 2.75) is 12.5 Å². The second-order valence-corrected chi connectivity index (χ2v) is 4.88. The molecule has 0 aliphatic carbocycles. The maximum absolute atomic E-state index is 5.41. The average Bonchev–Trinajstić information content (AvgIpc) is 2.88. The van der Waals surface area contributed by atoms with Crippen LogP contribution >= 0.6 is 15.9 Å². The molecule has 0 saturated carbocycles. The number of ether oxygens (including phenoxy) is 1. The Kier molecular flexibility index (Phi) is 4.38. The Balaban J connectivity index is 2.28. The number of H-pyrrole nitrogens is 1. The molecule has 2 rings (SSSR count). The number of nitrogens with one attached hydrogen (secondary N) is 2. The number of hydrogen-bond acceptors (Lipinski definition) is 3. The smallest absolute Gasteiger partial charge is 0.123 e. The van der Waals surface area contributed by atoms with Crippen molar-refractivity contribution in [3.8, 4) is 5.75 Å². The normalized spacial score (nSPS) is 12.4. The van der Waals surface area contributed by atoms with Crippen molar-refractivity contribution in [3.63, 3.8) is 0 Å². The Hall–Kier alpha value is -1.33. The number of benzene rings is 1. The monoisotopic (exact) mass is 309 g/mol. The molecule has 1 unspecified atom stereocenters. The van der Waals surface area contributed by atoms with Crippen LogP contribution in [-0.4, -0.2) is 24.1 Å². The van der Waals surface area contributed by atoms with Crippen LogP contribution in [-0.2, 0) is 6.42 Å². The van der Waals surface area contributed by atoms with Gasteiger partial charge >= 0.3 is 0 Å². The van der Waals surface area contributed by atoms with Gasteiger partial charge in [-0.15, -0.1) is 0 Å². The van der Waals surface area contributed by atoms with Crippen LogP contribution in [0.15, 0.2) is 35.1 Å². The van der Waals surface area contributed by atoms with Crippen LogP contribution in [0.25, 0.3) is 0 Å². The Bertz CT molecular complexity index is 499. The SMILES string of the molecule is CNC(Cc1ncc[nH]1)c1cc(Br)ccc1OC. The third kappa shape index (κ3) is 2.91. The number of aromatic nitrogens is 2. The lowest BCUT2D eigenvalue weighted by atomic mass is 10.0. The van der Waals surface area contributed by atoms with Crippen LogP contribution < -0.4 is 10.1 Å². The minimum Gasteiger partial charge on any atom is -0.496 e. The molecule has 0 spiro atoms. The first kappa shape index (κ1) is 13.1. The van der Waals surface area contributed by atoms with E-state index in [0.29, 0.717) is 0 Å². The molecule has 96 valence electrons. The van der Waals surface area contributed by atoms with E-state index in [2.05, 4.69) is 37.3 Å². The molecular formula is C13H16BrN3O. The summed E-state index contributed by atoms with van der Waals surface area (Å²) in [5.41, 5.74) is 1.12. The van der Waals surface area contributed by atoms with E-state index >= 15 is 0 Å². The summed E-state index contributed by atoms with van der Waals surface area (Å²) in [7, 11) is 3.63. The first-order valence-corrected chi connectivity index (χ1v) is 6.53. The summed E-state index contributed by atoms with van der Waals surface area (Å²) in [6.45, 7) is 0. The van der Waals surface area contributed by atoms with Crippen molar-refractivity contribution < 1.29 is 4.74 Å². The average molecular weight is 310 g/mol. The lowest BCUT2D eigenvalue weighted by Gasteiger charge is -2.18. The minimum absolute atomic E-state index is 0.156. The molecule has 0 saturated heterocycles. The molecule has 18 heavy (non-hydrogen) atoms. The molecule has 0 aliphatic heterocycles. The van der Waals surface area contributed by atoms with Crippen molar-refractivity contribution in [1.29, 1.82) is 0 Å². The summed E-state index contributed by atoms with van der Waals surface area (Å²) in [6.07, 6.45) is 4.39. The standard InChI is InChI=1S/C13H16BrN3O/c1-15-11(8-13-16-5-6-17-13)10-7-9(14)3-4-12(10)18-2/h3-7,11,15H,8H2,1-2H3,(H,16,17). The number of methoxy groups -OCH3 is 1. The van der Waals surface area contributed by atoms with Crippen molar-refractivity contribution in [1.82, 2.24) is 15.3 Å². The first-order chi connectivity index (χ1) is 8.74. The van der Waals surface area contributed by atoms with Gasteiger partial charge in [-0.3, -0.25) is 0 Å². The van der Waals surface area contributed by atoms with Gasteiger partial charge in [-0.05, 0) is 25.2 Å². The molecule has 1 atom stereocenters. The van der Waals surface area contributed by atoms with Crippen molar-refractivity contribution in [2.75, 3.05) is 14.2 Å². The number of rotatable bonds is 5. The van der Waals surface area contributed by atoms with Crippen LogP contribution in [0.1, 0.15) is 17.4 Å². The molecule has 0 fully saturated rings. The molecule has 2 N–H and O–H groups in total. The van der Waals surface area contributed by atoms with Gasteiger partial charge in [0.2, 0.25) is 0 Å². The van der Waals surface area contributed by atoms with Gasteiger partial charge in [0.1, 0.15) is 11.6 Å². The molecule has 0 radical (unpaired) electrons. The summed E-state index contributed by atoms with van der Waals surface area (Å²) >= 11 is 3.49. The van der Waals surface area contributed by atoms with Crippen LogP contribution in [0.5, 0.6) is 5.75 Å². The lowest BCUT2D eigenvalue weighted by molar-refractivity contribution is 0.400. The van der Waals surface area contributed by atoms with E-state index in [1.807, 2.05) is 25.4 Å². The second kappa shape index (κ2) is 6.02. The number of halogens is 1. The van der Waals surface area contributed by atoms with Crippen LogP contribution in [0, 0.1) is 0 Å². The Morgan fingerprint density at radius 2 is 2.33 bits per heavy atom. The van der Waals surface area contributed by atoms with Gasteiger partial charge in [-0.2, -0.15) is 0 Å². The van der Waals surface area contributed by atoms with Crippen LogP contribution in [0.4, 0.5) is 0 Å². The molecule has 1 aromatic carbocycles. The van der Waals surface area contributed by atoms with Gasteiger partial charge < -0.3 is 15.0 Å². The number of hydrogen-bond donors (Lipinski definition) is 2. The van der Waals surface area contributed by atoms with Gasteiger partial charge in [0.15, 0.2) is 0 Å². The highest BCUT2D eigenvalue weighted by atomic mass is 79.9. The van der Waals surface area contributed by atoms with Gasteiger partial charge in [-0.25, -0.2) is 4.98 Å². The third-order valence-corrected chi connectivity index (χ3v) is 3.36. The Morgan fingerprint density at radius 3 is 2.94 bits per heavy atom. The number of nitrogens with zero attached hydrogens (tertiary/aromatic N) is 1. The maximum atomic E-state index is 5.41. The van der Waals surface area contributed by atoms with E-state index in [4.69, 9.17) is 4.74 Å². The fraction of sp³-hybridized carbons (Fsp3) is 0.308. The van der Waals surface area contributed by atoms with E-state index in [1.165, 1.54) is 0 Å². The zero-order valence-electron chi connectivity index (χ0n) is 10.4. The van der Waals surface area contributed by atoms with Crippen molar-refractivity contribution >= 4 is 15.9 Å². The summed E-state index contributed by atoms with van der Waals surface area (Å²) in [5.74, 6) is 1.83. The topological polar surface area (TPSA) is 49.9 Å². The molecule has 0 amide bonds. The fourth-order valence-electron chi connectivity index (χ4n) is 1.95. The van der Waals surface area contributed by atoms with Crippen LogP contribution in [0.3, 0.4) is 0 Å². The highest BCUT2D eigenvalue weighted by Gasteiger charge is 2.16. The van der Waals surface area contributed by atoms with Crippen LogP contribution in [0.2, 0.25) is 0 Å². The molecular weight excluding hydrogens is 294 g/mol. The largest absolute Gasteiger partial charge is 0.496 e. The van der Waals surface area contributed by atoms with E-state index in [0.717, 1.165) is 28.0 Å². The Morgan fingerprint density at radius 1 is 1.50 bits per heavy atom. The van der Waals surface area contributed by atoms with E-state index < -0.39 is 0 Å². The van der Waals surface area contributed by atoms with E-state index in [-0.39, 0.29) is 6.04 Å². The molecule has 5 heteroatoms.